The van der Waals surface area contributed by atoms with Crippen LogP contribution >= 0.6 is 11.6 Å². The van der Waals surface area contributed by atoms with Crippen LogP contribution in [0.4, 0.5) is 5.69 Å². The Hall–Kier alpha value is -2.94. The Kier molecular flexibility index (Phi) is 7.11. The monoisotopic (exact) mass is 408 g/mol. The lowest BCUT2D eigenvalue weighted by Crippen LogP contribution is -2.36. The number of halogens is 1. The van der Waals surface area contributed by atoms with Gasteiger partial charge in [-0.05, 0) is 24.5 Å². The average Bonchev–Trinajstić information content (AvgIpc) is 3.13. The van der Waals surface area contributed by atoms with Crippen LogP contribution in [-0.4, -0.2) is 52.9 Å². The lowest BCUT2D eigenvalue weighted by atomic mass is 10.0. The number of carbonyl (C=O) groups excluding carboxylic acids is 3. The number of rotatable bonds is 7. The van der Waals surface area contributed by atoms with Crippen molar-refractivity contribution in [3.05, 3.63) is 40.7 Å². The van der Waals surface area contributed by atoms with Crippen LogP contribution in [-0.2, 0) is 27.4 Å². The molecule has 150 valence electrons. The molecule has 2 rings (SSSR count). The fraction of sp³-hybridized carbons (Fsp3) is 0.389. The highest BCUT2D eigenvalue weighted by molar-refractivity contribution is 6.29. The minimum absolute atomic E-state index is 0.183. The van der Waals surface area contributed by atoms with Gasteiger partial charge in [0.05, 0.1) is 19.9 Å². The van der Waals surface area contributed by atoms with Crippen molar-refractivity contribution < 1.29 is 23.9 Å². The molecule has 0 aliphatic carbocycles. The number of carbonyl (C=O) groups is 3. The maximum Gasteiger partial charge on any atom is 0.361 e. The van der Waals surface area contributed by atoms with Crippen molar-refractivity contribution in [2.24, 2.45) is 0 Å². The standard InChI is InChI=1S/C18H21ClN4O5/c1-5-12-8-6-7-11(2)15(12)22(13(24)9-19)10-23-16(18(26)28-4)14(20-21-23)17(25)27-3/h6-8H,5,9-10H2,1-4H3. The van der Waals surface area contributed by atoms with Crippen molar-refractivity contribution in [2.45, 2.75) is 26.9 Å². The molecule has 0 aliphatic heterocycles. The summed E-state index contributed by atoms with van der Waals surface area (Å²) in [5.74, 6) is -2.34. The van der Waals surface area contributed by atoms with Crippen LogP contribution in [0.3, 0.4) is 0 Å². The summed E-state index contributed by atoms with van der Waals surface area (Å²) in [6, 6.07) is 5.66. The van der Waals surface area contributed by atoms with Gasteiger partial charge in [-0.3, -0.25) is 9.69 Å². The molecule has 1 heterocycles. The molecule has 0 saturated carbocycles. The van der Waals surface area contributed by atoms with Gasteiger partial charge in [-0.1, -0.05) is 30.3 Å². The first kappa shape index (κ1) is 21.4. The van der Waals surface area contributed by atoms with Crippen LogP contribution in [0.1, 0.15) is 39.0 Å². The minimum atomic E-state index is -0.841. The van der Waals surface area contributed by atoms with Gasteiger partial charge in [-0.2, -0.15) is 0 Å². The molecule has 10 heteroatoms. The van der Waals surface area contributed by atoms with Crippen LogP contribution in [0.5, 0.6) is 0 Å². The first-order valence-corrected chi connectivity index (χ1v) is 8.97. The van der Waals surface area contributed by atoms with Crippen LogP contribution < -0.4 is 4.90 Å². The fourth-order valence-electron chi connectivity index (χ4n) is 2.82. The van der Waals surface area contributed by atoms with Gasteiger partial charge in [-0.15, -0.1) is 16.7 Å². The minimum Gasteiger partial charge on any atom is -0.464 e. The molecular formula is C18H21ClN4O5. The molecule has 0 unspecified atom stereocenters. The van der Waals surface area contributed by atoms with Crippen LogP contribution in [0.2, 0.25) is 0 Å². The summed E-state index contributed by atoms with van der Waals surface area (Å²) < 4.78 is 10.5. The Labute approximate surface area is 167 Å². The van der Waals surface area contributed by atoms with Gasteiger partial charge in [0.15, 0.2) is 5.69 Å². The van der Waals surface area contributed by atoms with E-state index in [2.05, 4.69) is 15.0 Å². The lowest BCUT2D eigenvalue weighted by Gasteiger charge is -2.26. The number of para-hydroxylation sites is 1. The highest BCUT2D eigenvalue weighted by atomic mass is 35.5. The number of esters is 2. The maximum atomic E-state index is 12.6. The zero-order valence-electron chi connectivity index (χ0n) is 16.1. The third-order valence-corrected chi connectivity index (χ3v) is 4.38. The molecular weight excluding hydrogens is 388 g/mol. The number of amides is 1. The van der Waals surface area contributed by atoms with Crippen molar-refractivity contribution in [1.82, 2.24) is 15.0 Å². The number of methoxy groups -OCH3 is 2. The van der Waals surface area contributed by atoms with E-state index in [1.54, 1.807) is 0 Å². The summed E-state index contributed by atoms with van der Waals surface area (Å²) in [6.07, 6.45) is 0.678. The van der Waals surface area contributed by atoms with Crippen molar-refractivity contribution in [3.63, 3.8) is 0 Å². The van der Waals surface area contributed by atoms with E-state index in [9.17, 15) is 14.4 Å². The second kappa shape index (κ2) is 9.32. The van der Waals surface area contributed by atoms with Crippen LogP contribution in [0, 0.1) is 6.92 Å². The second-order valence-corrected chi connectivity index (χ2v) is 6.07. The summed E-state index contributed by atoms with van der Waals surface area (Å²) in [4.78, 5) is 38.2. The Morgan fingerprint density at radius 3 is 2.43 bits per heavy atom. The summed E-state index contributed by atoms with van der Waals surface area (Å²) in [5, 5.41) is 7.57. The number of benzene rings is 1. The number of aryl methyl sites for hydroxylation is 2. The summed E-state index contributed by atoms with van der Waals surface area (Å²) >= 11 is 5.82. The first-order valence-electron chi connectivity index (χ1n) is 8.44. The lowest BCUT2D eigenvalue weighted by molar-refractivity contribution is -0.116. The Balaban J connectivity index is 2.59. The van der Waals surface area contributed by atoms with E-state index in [1.807, 2.05) is 32.0 Å². The normalized spacial score (nSPS) is 10.5. The zero-order valence-corrected chi connectivity index (χ0v) is 16.8. The van der Waals surface area contributed by atoms with Crippen LogP contribution in [0.25, 0.3) is 0 Å². The molecule has 0 atom stereocenters. The zero-order chi connectivity index (χ0) is 20.8. The van der Waals surface area contributed by atoms with Gasteiger partial charge < -0.3 is 9.47 Å². The highest BCUT2D eigenvalue weighted by Gasteiger charge is 2.29. The Morgan fingerprint density at radius 1 is 1.18 bits per heavy atom. The number of hydrogen-bond donors (Lipinski definition) is 0. The third-order valence-electron chi connectivity index (χ3n) is 4.16. The number of aromatic nitrogens is 3. The number of nitrogens with zero attached hydrogens (tertiary/aromatic N) is 4. The molecule has 1 aromatic carbocycles. The van der Waals surface area contributed by atoms with Crippen molar-refractivity contribution >= 4 is 35.1 Å². The Morgan fingerprint density at radius 2 is 1.86 bits per heavy atom. The van der Waals surface area contributed by atoms with E-state index in [1.165, 1.54) is 12.0 Å². The van der Waals surface area contributed by atoms with Crippen molar-refractivity contribution in [1.29, 1.82) is 0 Å². The largest absolute Gasteiger partial charge is 0.464 e. The predicted molar refractivity (Wildman–Crippen MR) is 101 cm³/mol. The first-order chi connectivity index (χ1) is 13.4. The van der Waals surface area contributed by atoms with E-state index in [-0.39, 0.29) is 23.9 Å². The molecule has 0 saturated heterocycles. The summed E-state index contributed by atoms with van der Waals surface area (Å²) in [5.41, 5.74) is 1.93. The van der Waals surface area contributed by atoms with E-state index < -0.39 is 17.8 Å². The SMILES string of the molecule is CCc1cccc(C)c1N(Cn1nnc(C(=O)OC)c1C(=O)OC)C(=O)CCl. The maximum absolute atomic E-state index is 12.6. The van der Waals surface area contributed by atoms with Gasteiger partial charge in [0.1, 0.15) is 12.5 Å². The topological polar surface area (TPSA) is 104 Å². The van der Waals surface area contributed by atoms with Gasteiger partial charge in [0.25, 0.3) is 0 Å². The molecule has 1 amide bonds. The Bertz CT molecular complexity index is 896. The van der Waals surface area contributed by atoms with E-state index in [0.717, 1.165) is 22.9 Å². The van der Waals surface area contributed by atoms with E-state index in [4.69, 9.17) is 16.3 Å². The number of hydrogen-bond acceptors (Lipinski definition) is 7. The van der Waals surface area contributed by atoms with Gasteiger partial charge >= 0.3 is 11.9 Å². The molecule has 2 aromatic rings. The average molecular weight is 409 g/mol. The molecule has 28 heavy (non-hydrogen) atoms. The second-order valence-electron chi connectivity index (χ2n) is 5.80. The number of alkyl halides is 1. The number of ether oxygens (including phenoxy) is 2. The predicted octanol–water partition coefficient (Wildman–Crippen LogP) is 1.95. The molecule has 0 spiro atoms. The molecule has 9 nitrogen and oxygen atoms in total. The van der Waals surface area contributed by atoms with Crippen molar-refractivity contribution in [3.8, 4) is 0 Å². The molecule has 0 radical (unpaired) electrons. The summed E-state index contributed by atoms with van der Waals surface area (Å²) in [6.45, 7) is 3.65. The van der Waals surface area contributed by atoms with Gasteiger partial charge in [-0.25, -0.2) is 14.3 Å². The molecule has 1 aromatic heterocycles. The summed E-state index contributed by atoms with van der Waals surface area (Å²) in [7, 11) is 2.32. The van der Waals surface area contributed by atoms with Crippen LogP contribution in [0.15, 0.2) is 18.2 Å². The third kappa shape index (κ3) is 4.14. The molecule has 0 fully saturated rings. The quantitative estimate of drug-likeness (QED) is 0.509. The van der Waals surface area contributed by atoms with Gasteiger partial charge in [0, 0.05) is 0 Å². The molecule has 0 bridgehead atoms. The van der Waals surface area contributed by atoms with Crippen molar-refractivity contribution in [2.75, 3.05) is 25.0 Å². The smallest absolute Gasteiger partial charge is 0.361 e. The fourth-order valence-corrected chi connectivity index (χ4v) is 2.96. The van der Waals surface area contributed by atoms with Gasteiger partial charge in [0.2, 0.25) is 11.6 Å². The molecule has 0 N–H and O–H groups in total. The van der Waals surface area contributed by atoms with E-state index >= 15 is 0 Å². The highest BCUT2D eigenvalue weighted by Crippen LogP contribution is 2.27. The number of anilines is 1. The molecule has 0 aliphatic rings. The van der Waals surface area contributed by atoms with E-state index in [0.29, 0.717) is 12.1 Å².